The Kier molecular flexibility index (Phi) is 5.54. The van der Waals surface area contributed by atoms with Gasteiger partial charge in [-0.15, -0.1) is 0 Å². The summed E-state index contributed by atoms with van der Waals surface area (Å²) in [5, 5.41) is 0. The van der Waals surface area contributed by atoms with Crippen molar-refractivity contribution in [3.05, 3.63) is 41.7 Å². The van der Waals surface area contributed by atoms with Gasteiger partial charge in [0.05, 0.1) is 0 Å². The molecule has 0 aliphatic carbocycles. The van der Waals surface area contributed by atoms with Crippen LogP contribution in [0.3, 0.4) is 0 Å². The summed E-state index contributed by atoms with van der Waals surface area (Å²) in [4.78, 5) is 16.3. The van der Waals surface area contributed by atoms with Gasteiger partial charge >= 0.3 is 0 Å². The number of rotatable bonds is 7. The van der Waals surface area contributed by atoms with Crippen molar-refractivity contribution in [1.29, 1.82) is 0 Å². The van der Waals surface area contributed by atoms with Crippen LogP contribution in [0.15, 0.2) is 34.7 Å². The van der Waals surface area contributed by atoms with Gasteiger partial charge in [0.15, 0.2) is 10.1 Å². The lowest BCUT2D eigenvalue weighted by molar-refractivity contribution is 0.0982. The number of hydrogen-bond donors (Lipinski definition) is 0. The first-order valence-electron chi connectivity index (χ1n) is 6.33. The van der Waals surface area contributed by atoms with Crippen LogP contribution in [0, 0.1) is 0 Å². The molecule has 0 aliphatic heterocycles. The van der Waals surface area contributed by atoms with Gasteiger partial charge in [0, 0.05) is 24.2 Å². The van der Waals surface area contributed by atoms with E-state index in [0.29, 0.717) is 6.42 Å². The maximum Gasteiger partial charge on any atom is 0.170 e. The molecule has 0 aliphatic rings. The quantitative estimate of drug-likeness (QED) is 0.441. The summed E-state index contributed by atoms with van der Waals surface area (Å²) in [6, 6.07) is 9.46. The van der Waals surface area contributed by atoms with Crippen molar-refractivity contribution in [1.82, 2.24) is 9.36 Å². The monoisotopic (exact) mass is 292 g/mol. The molecule has 19 heavy (non-hydrogen) atoms. The number of carbonyl (C=O) groups is 1. The van der Waals surface area contributed by atoms with Crippen molar-refractivity contribution >= 4 is 29.1 Å². The van der Waals surface area contributed by atoms with E-state index >= 15 is 0 Å². The number of hydrogen-bond acceptors (Lipinski definition) is 5. The summed E-state index contributed by atoms with van der Waals surface area (Å²) in [5.41, 5.74) is 0.802. The van der Waals surface area contributed by atoms with Crippen LogP contribution in [0.5, 0.6) is 0 Å². The number of thioether (sulfide) groups is 1. The Balaban J connectivity index is 1.71. The van der Waals surface area contributed by atoms with Crippen molar-refractivity contribution in [2.75, 3.05) is 5.75 Å². The second-order valence-electron chi connectivity index (χ2n) is 4.07. The molecular formula is C14H16N2OS2. The van der Waals surface area contributed by atoms with Crippen LogP contribution in [0.1, 0.15) is 35.9 Å². The number of carbonyl (C=O) groups excluding carboxylic acids is 1. The topological polar surface area (TPSA) is 42.9 Å². The highest BCUT2D eigenvalue weighted by Gasteiger charge is 2.06. The van der Waals surface area contributed by atoms with E-state index in [4.69, 9.17) is 0 Å². The molecule has 0 unspecified atom stereocenters. The van der Waals surface area contributed by atoms with Gasteiger partial charge in [-0.1, -0.05) is 49.0 Å². The number of ketones is 1. The van der Waals surface area contributed by atoms with E-state index in [1.807, 2.05) is 30.3 Å². The van der Waals surface area contributed by atoms with E-state index in [1.54, 1.807) is 11.8 Å². The molecule has 1 aromatic heterocycles. The molecule has 0 saturated carbocycles. The van der Waals surface area contributed by atoms with Crippen LogP contribution >= 0.6 is 23.3 Å². The van der Waals surface area contributed by atoms with Crippen LogP contribution in [0.2, 0.25) is 0 Å². The predicted molar refractivity (Wildman–Crippen MR) is 80.0 cm³/mol. The molecule has 2 rings (SSSR count). The Bertz CT molecular complexity index is 525. The molecule has 2 aromatic rings. The molecule has 3 nitrogen and oxygen atoms in total. The third-order valence-corrected chi connectivity index (χ3v) is 4.59. The molecule has 0 fully saturated rings. The Hall–Kier alpha value is -1.20. The van der Waals surface area contributed by atoms with Crippen molar-refractivity contribution < 1.29 is 4.79 Å². The molecule has 0 bridgehead atoms. The molecule has 1 heterocycles. The number of aromatic nitrogens is 2. The fourth-order valence-electron chi connectivity index (χ4n) is 1.60. The third kappa shape index (κ3) is 4.44. The van der Waals surface area contributed by atoms with Crippen molar-refractivity contribution in [2.45, 2.75) is 30.5 Å². The first-order valence-corrected chi connectivity index (χ1v) is 8.09. The fourth-order valence-corrected chi connectivity index (χ4v) is 3.31. The number of Topliss-reactive ketones (excluding diaryl/α,β-unsaturated/α-hetero) is 1. The van der Waals surface area contributed by atoms with Gasteiger partial charge < -0.3 is 0 Å². The standard InChI is InChI=1S/C14H16N2OS2/c1-2-13-15-14(19-16-13)18-10-6-9-12(17)11-7-4-3-5-8-11/h3-5,7-8H,2,6,9-10H2,1H3. The minimum atomic E-state index is 0.215. The highest BCUT2D eigenvalue weighted by atomic mass is 32.2. The Morgan fingerprint density at radius 1 is 1.32 bits per heavy atom. The average molecular weight is 292 g/mol. The molecule has 0 radical (unpaired) electrons. The normalized spacial score (nSPS) is 10.6. The first-order chi connectivity index (χ1) is 9.29. The Morgan fingerprint density at radius 3 is 2.79 bits per heavy atom. The predicted octanol–water partition coefficient (Wildman–Crippen LogP) is 3.86. The molecule has 0 saturated heterocycles. The summed E-state index contributed by atoms with van der Waals surface area (Å²) in [6.45, 7) is 2.05. The Morgan fingerprint density at radius 2 is 2.11 bits per heavy atom. The molecule has 1 aromatic carbocycles. The summed E-state index contributed by atoms with van der Waals surface area (Å²) in [7, 11) is 0. The lowest BCUT2D eigenvalue weighted by Crippen LogP contribution is -1.99. The number of aryl methyl sites for hydroxylation is 1. The number of nitrogens with zero attached hydrogens (tertiary/aromatic N) is 2. The fraction of sp³-hybridized carbons (Fsp3) is 0.357. The zero-order valence-corrected chi connectivity index (χ0v) is 12.5. The van der Waals surface area contributed by atoms with Gasteiger partial charge in [0.25, 0.3) is 0 Å². The second-order valence-corrected chi connectivity index (χ2v) is 6.17. The Labute approximate surface area is 121 Å². The van der Waals surface area contributed by atoms with Crippen LogP contribution in [-0.4, -0.2) is 20.9 Å². The largest absolute Gasteiger partial charge is 0.294 e. The molecule has 100 valence electrons. The van der Waals surface area contributed by atoms with Gasteiger partial charge in [0.1, 0.15) is 5.82 Å². The zero-order chi connectivity index (χ0) is 13.5. The van der Waals surface area contributed by atoms with Gasteiger partial charge in [-0.2, -0.15) is 4.37 Å². The summed E-state index contributed by atoms with van der Waals surface area (Å²) < 4.78 is 5.24. The smallest absolute Gasteiger partial charge is 0.170 e. The minimum Gasteiger partial charge on any atom is -0.294 e. The zero-order valence-electron chi connectivity index (χ0n) is 10.8. The molecule has 0 spiro atoms. The van der Waals surface area contributed by atoms with Crippen molar-refractivity contribution in [3.63, 3.8) is 0 Å². The average Bonchev–Trinajstić information content (AvgIpc) is 2.92. The van der Waals surface area contributed by atoms with Gasteiger partial charge in [-0.05, 0) is 18.0 Å². The van der Waals surface area contributed by atoms with Gasteiger partial charge in [-0.3, -0.25) is 4.79 Å². The first kappa shape index (κ1) is 14.2. The van der Waals surface area contributed by atoms with Crippen LogP contribution < -0.4 is 0 Å². The van der Waals surface area contributed by atoms with E-state index in [9.17, 15) is 4.79 Å². The lowest BCUT2D eigenvalue weighted by Gasteiger charge is -2.00. The van der Waals surface area contributed by atoms with E-state index in [0.717, 1.165) is 34.3 Å². The minimum absolute atomic E-state index is 0.215. The molecular weight excluding hydrogens is 276 g/mol. The van der Waals surface area contributed by atoms with Crippen LogP contribution in [-0.2, 0) is 6.42 Å². The van der Waals surface area contributed by atoms with Crippen LogP contribution in [0.25, 0.3) is 0 Å². The van der Waals surface area contributed by atoms with E-state index in [2.05, 4.69) is 16.3 Å². The van der Waals surface area contributed by atoms with Gasteiger partial charge in [0.2, 0.25) is 0 Å². The van der Waals surface area contributed by atoms with E-state index in [-0.39, 0.29) is 5.78 Å². The lowest BCUT2D eigenvalue weighted by atomic mass is 10.1. The molecule has 0 atom stereocenters. The number of benzene rings is 1. The van der Waals surface area contributed by atoms with E-state index < -0.39 is 0 Å². The third-order valence-electron chi connectivity index (χ3n) is 2.64. The molecule has 5 heteroatoms. The molecule has 0 N–H and O–H groups in total. The highest BCUT2D eigenvalue weighted by Crippen LogP contribution is 2.21. The van der Waals surface area contributed by atoms with Gasteiger partial charge in [-0.25, -0.2) is 4.98 Å². The SMILES string of the molecule is CCc1nsc(SCCCC(=O)c2ccccc2)n1. The second kappa shape index (κ2) is 7.40. The molecule has 0 amide bonds. The van der Waals surface area contributed by atoms with Crippen molar-refractivity contribution in [2.24, 2.45) is 0 Å². The summed E-state index contributed by atoms with van der Waals surface area (Å²) >= 11 is 3.13. The van der Waals surface area contributed by atoms with Crippen molar-refractivity contribution in [3.8, 4) is 0 Å². The maximum atomic E-state index is 11.9. The highest BCUT2D eigenvalue weighted by molar-refractivity contribution is 8.00. The maximum absolute atomic E-state index is 11.9. The van der Waals surface area contributed by atoms with E-state index in [1.165, 1.54) is 11.5 Å². The summed E-state index contributed by atoms with van der Waals surface area (Å²) in [6.07, 6.45) is 2.35. The summed E-state index contributed by atoms with van der Waals surface area (Å²) in [5.74, 6) is 2.04. The van der Waals surface area contributed by atoms with Crippen LogP contribution in [0.4, 0.5) is 0 Å².